The summed E-state index contributed by atoms with van der Waals surface area (Å²) >= 11 is 0. The number of nitrogens with zero attached hydrogens (tertiary/aromatic N) is 4. The van der Waals surface area contributed by atoms with Crippen molar-refractivity contribution in [1.82, 2.24) is 19.4 Å². The number of pyridine rings is 1. The molecule has 2 aliphatic heterocycles. The Morgan fingerprint density at radius 1 is 1.38 bits per heavy atom. The van der Waals surface area contributed by atoms with E-state index in [1.807, 2.05) is 23.6 Å². The summed E-state index contributed by atoms with van der Waals surface area (Å²) in [7, 11) is 0. The van der Waals surface area contributed by atoms with Crippen LogP contribution in [-0.2, 0) is 11.3 Å². The molecule has 0 saturated carbocycles. The number of aromatic nitrogens is 3. The average Bonchev–Trinajstić information content (AvgIpc) is 3.04. The Labute approximate surface area is 123 Å². The van der Waals surface area contributed by atoms with E-state index in [4.69, 9.17) is 10.5 Å². The normalized spacial score (nSPS) is 26.3. The molecule has 4 rings (SSSR count). The van der Waals surface area contributed by atoms with E-state index in [0.29, 0.717) is 12.0 Å². The standard InChI is InChI=1S/C15H21N5O/c1-10-4-5-13-14(17-10)20(15(16)18-13)8-12-7-19-6-2-3-11(19)9-21-12/h4-5,11-12H,2-3,6-9H2,1H3,(H2,16,18). The fourth-order valence-corrected chi connectivity index (χ4v) is 3.49. The summed E-state index contributed by atoms with van der Waals surface area (Å²) in [6, 6.07) is 4.56. The zero-order valence-electron chi connectivity index (χ0n) is 12.3. The smallest absolute Gasteiger partial charge is 0.202 e. The number of hydrogen-bond donors (Lipinski definition) is 1. The molecule has 2 unspecified atom stereocenters. The lowest BCUT2D eigenvalue weighted by Gasteiger charge is -2.35. The highest BCUT2D eigenvalue weighted by Gasteiger charge is 2.32. The Morgan fingerprint density at radius 3 is 3.19 bits per heavy atom. The first kappa shape index (κ1) is 13.0. The fraction of sp³-hybridized carbons (Fsp3) is 0.600. The first-order valence-corrected chi connectivity index (χ1v) is 7.66. The van der Waals surface area contributed by atoms with Crippen LogP contribution in [0.4, 0.5) is 5.95 Å². The van der Waals surface area contributed by atoms with Gasteiger partial charge in [0.2, 0.25) is 5.95 Å². The second kappa shape index (κ2) is 4.96. The van der Waals surface area contributed by atoms with Gasteiger partial charge in [-0.25, -0.2) is 9.97 Å². The number of nitrogen functional groups attached to an aromatic ring is 1. The molecule has 0 radical (unpaired) electrons. The van der Waals surface area contributed by atoms with Crippen molar-refractivity contribution in [2.75, 3.05) is 25.4 Å². The van der Waals surface area contributed by atoms with Crippen LogP contribution in [0.15, 0.2) is 12.1 Å². The highest BCUT2D eigenvalue weighted by atomic mass is 16.5. The number of fused-ring (bicyclic) bond motifs is 2. The third-order valence-electron chi connectivity index (χ3n) is 4.61. The number of rotatable bonds is 2. The molecule has 2 aromatic heterocycles. The van der Waals surface area contributed by atoms with E-state index in [1.165, 1.54) is 19.4 Å². The van der Waals surface area contributed by atoms with Crippen molar-refractivity contribution >= 4 is 17.1 Å². The molecule has 0 aliphatic carbocycles. The van der Waals surface area contributed by atoms with Crippen LogP contribution in [0.2, 0.25) is 0 Å². The molecule has 2 fully saturated rings. The molecule has 2 saturated heterocycles. The molecule has 2 aliphatic rings. The van der Waals surface area contributed by atoms with E-state index in [9.17, 15) is 0 Å². The van der Waals surface area contributed by atoms with Gasteiger partial charge in [0.05, 0.1) is 19.3 Å². The van der Waals surface area contributed by atoms with Gasteiger partial charge in [-0.3, -0.25) is 9.47 Å². The third-order valence-corrected chi connectivity index (χ3v) is 4.61. The topological polar surface area (TPSA) is 69.2 Å². The van der Waals surface area contributed by atoms with Crippen LogP contribution in [0.5, 0.6) is 0 Å². The summed E-state index contributed by atoms with van der Waals surface area (Å²) in [4.78, 5) is 11.5. The Bertz CT molecular complexity index is 667. The van der Waals surface area contributed by atoms with Gasteiger partial charge in [0.1, 0.15) is 5.52 Å². The Hall–Kier alpha value is -1.66. The lowest BCUT2D eigenvalue weighted by atomic mass is 10.2. The first-order chi connectivity index (χ1) is 10.2. The molecule has 112 valence electrons. The summed E-state index contributed by atoms with van der Waals surface area (Å²) in [6.45, 7) is 5.72. The monoisotopic (exact) mass is 287 g/mol. The number of aryl methyl sites for hydroxylation is 1. The predicted molar refractivity (Wildman–Crippen MR) is 81.0 cm³/mol. The van der Waals surface area contributed by atoms with Crippen molar-refractivity contribution in [3.63, 3.8) is 0 Å². The minimum atomic E-state index is 0.168. The Balaban J connectivity index is 1.59. The zero-order valence-corrected chi connectivity index (χ0v) is 12.3. The van der Waals surface area contributed by atoms with E-state index in [-0.39, 0.29) is 6.10 Å². The second-order valence-corrected chi connectivity index (χ2v) is 6.12. The number of imidazole rings is 1. The summed E-state index contributed by atoms with van der Waals surface area (Å²) < 4.78 is 8.02. The van der Waals surface area contributed by atoms with Gasteiger partial charge in [-0.15, -0.1) is 0 Å². The Kier molecular flexibility index (Phi) is 3.08. The molecular weight excluding hydrogens is 266 g/mol. The van der Waals surface area contributed by atoms with Gasteiger partial charge in [0, 0.05) is 18.3 Å². The number of morpholine rings is 1. The average molecular weight is 287 g/mol. The van der Waals surface area contributed by atoms with E-state index in [1.54, 1.807) is 0 Å². The van der Waals surface area contributed by atoms with Gasteiger partial charge >= 0.3 is 0 Å². The molecular formula is C15H21N5O. The lowest BCUT2D eigenvalue weighted by molar-refractivity contribution is -0.0545. The van der Waals surface area contributed by atoms with Gasteiger partial charge in [-0.05, 0) is 38.4 Å². The minimum absolute atomic E-state index is 0.168. The largest absolute Gasteiger partial charge is 0.373 e. The van der Waals surface area contributed by atoms with E-state index in [0.717, 1.165) is 36.6 Å². The van der Waals surface area contributed by atoms with Crippen LogP contribution in [-0.4, -0.2) is 51.3 Å². The van der Waals surface area contributed by atoms with Crippen LogP contribution < -0.4 is 5.73 Å². The number of nitrogens with two attached hydrogens (primary N) is 1. The van der Waals surface area contributed by atoms with E-state index in [2.05, 4.69) is 14.9 Å². The van der Waals surface area contributed by atoms with Crippen molar-refractivity contribution in [2.45, 2.75) is 38.5 Å². The van der Waals surface area contributed by atoms with E-state index >= 15 is 0 Å². The van der Waals surface area contributed by atoms with Gasteiger partial charge in [0.15, 0.2) is 5.65 Å². The molecule has 0 aromatic carbocycles. The van der Waals surface area contributed by atoms with Crippen LogP contribution in [0.25, 0.3) is 11.2 Å². The Morgan fingerprint density at radius 2 is 2.29 bits per heavy atom. The molecule has 21 heavy (non-hydrogen) atoms. The minimum Gasteiger partial charge on any atom is -0.373 e. The van der Waals surface area contributed by atoms with Crippen LogP contribution in [0.1, 0.15) is 18.5 Å². The molecule has 0 spiro atoms. The number of hydrogen-bond acceptors (Lipinski definition) is 5. The zero-order chi connectivity index (χ0) is 14.4. The molecule has 0 amide bonds. The molecule has 2 atom stereocenters. The van der Waals surface area contributed by atoms with Gasteiger partial charge in [-0.1, -0.05) is 0 Å². The maximum Gasteiger partial charge on any atom is 0.202 e. The SMILES string of the molecule is Cc1ccc2nc(N)n(CC3CN4CCCC4CO3)c2n1. The highest BCUT2D eigenvalue weighted by molar-refractivity contribution is 5.74. The van der Waals surface area contributed by atoms with Crippen molar-refractivity contribution in [1.29, 1.82) is 0 Å². The van der Waals surface area contributed by atoms with Crippen molar-refractivity contribution in [2.24, 2.45) is 0 Å². The lowest BCUT2D eigenvalue weighted by Crippen LogP contribution is -2.47. The van der Waals surface area contributed by atoms with Gasteiger partial charge < -0.3 is 10.5 Å². The molecule has 6 nitrogen and oxygen atoms in total. The van der Waals surface area contributed by atoms with E-state index < -0.39 is 0 Å². The predicted octanol–water partition coefficient (Wildman–Crippen LogP) is 1.19. The fourth-order valence-electron chi connectivity index (χ4n) is 3.49. The van der Waals surface area contributed by atoms with Crippen LogP contribution >= 0.6 is 0 Å². The number of anilines is 1. The quantitative estimate of drug-likeness (QED) is 0.898. The highest BCUT2D eigenvalue weighted by Crippen LogP contribution is 2.24. The summed E-state index contributed by atoms with van der Waals surface area (Å²) in [5, 5.41) is 0. The molecule has 2 N–H and O–H groups in total. The van der Waals surface area contributed by atoms with Crippen molar-refractivity contribution < 1.29 is 4.74 Å². The van der Waals surface area contributed by atoms with Crippen LogP contribution in [0, 0.1) is 6.92 Å². The molecule has 2 aromatic rings. The second-order valence-electron chi connectivity index (χ2n) is 6.12. The van der Waals surface area contributed by atoms with Gasteiger partial charge in [0.25, 0.3) is 0 Å². The van der Waals surface area contributed by atoms with Crippen LogP contribution in [0.3, 0.4) is 0 Å². The third kappa shape index (κ3) is 2.28. The molecule has 4 heterocycles. The molecule has 6 heteroatoms. The number of ether oxygens (including phenoxy) is 1. The molecule has 0 bridgehead atoms. The summed E-state index contributed by atoms with van der Waals surface area (Å²) in [5.41, 5.74) is 8.76. The maximum absolute atomic E-state index is 6.07. The first-order valence-electron chi connectivity index (χ1n) is 7.66. The summed E-state index contributed by atoms with van der Waals surface area (Å²) in [6.07, 6.45) is 2.72. The summed E-state index contributed by atoms with van der Waals surface area (Å²) in [5.74, 6) is 0.523. The van der Waals surface area contributed by atoms with Crippen molar-refractivity contribution in [3.05, 3.63) is 17.8 Å². The van der Waals surface area contributed by atoms with Crippen molar-refractivity contribution in [3.8, 4) is 0 Å². The maximum atomic E-state index is 6.07. The van der Waals surface area contributed by atoms with Gasteiger partial charge in [-0.2, -0.15) is 0 Å².